The number of imide groups is 1. The first-order valence-electron chi connectivity index (χ1n) is 10.5. The Balaban J connectivity index is 1.62. The summed E-state index contributed by atoms with van der Waals surface area (Å²) in [7, 11) is 4.12. The van der Waals surface area contributed by atoms with Crippen LogP contribution in [0.15, 0.2) is 77.1 Å². The molecule has 31 heavy (non-hydrogen) atoms. The maximum absolute atomic E-state index is 13.0. The summed E-state index contributed by atoms with van der Waals surface area (Å²) in [6.45, 7) is 1.81. The molecule has 0 radical (unpaired) electrons. The second-order valence-electron chi connectivity index (χ2n) is 8.30. The first-order valence-corrected chi connectivity index (χ1v) is 10.5. The highest BCUT2D eigenvalue weighted by Gasteiger charge is 2.38. The Labute approximate surface area is 180 Å². The van der Waals surface area contributed by atoms with Crippen molar-refractivity contribution in [1.82, 2.24) is 14.8 Å². The van der Waals surface area contributed by atoms with E-state index in [1.165, 1.54) is 0 Å². The van der Waals surface area contributed by atoms with E-state index in [1.807, 2.05) is 48.7 Å². The summed E-state index contributed by atoms with van der Waals surface area (Å²) in [4.78, 5) is 32.5. The number of hydrogen-bond donors (Lipinski definition) is 1. The molecule has 3 aliphatic rings. The number of aryl methyl sites for hydroxylation is 1. The van der Waals surface area contributed by atoms with Crippen LogP contribution in [-0.2, 0) is 16.1 Å². The van der Waals surface area contributed by atoms with Gasteiger partial charge in [-0.2, -0.15) is 0 Å². The first kappa shape index (κ1) is 19.5. The molecule has 1 N–H and O–H groups in total. The number of aliphatic imine (C=N–C) groups is 1. The summed E-state index contributed by atoms with van der Waals surface area (Å²) in [5.74, 6) is -0.795. The Bertz CT molecular complexity index is 1250. The van der Waals surface area contributed by atoms with Gasteiger partial charge in [0.1, 0.15) is 0 Å². The van der Waals surface area contributed by atoms with E-state index in [0.29, 0.717) is 11.1 Å². The zero-order valence-electron chi connectivity index (χ0n) is 17.6. The van der Waals surface area contributed by atoms with Gasteiger partial charge in [-0.15, -0.1) is 0 Å². The van der Waals surface area contributed by atoms with E-state index >= 15 is 0 Å². The number of aromatic nitrogens is 1. The van der Waals surface area contributed by atoms with E-state index in [0.717, 1.165) is 47.3 Å². The number of fused-ring (bicyclic) bond motifs is 2. The maximum atomic E-state index is 13.0. The number of amides is 2. The van der Waals surface area contributed by atoms with Crippen LogP contribution in [-0.4, -0.2) is 47.6 Å². The zero-order valence-corrected chi connectivity index (χ0v) is 17.6. The third-order valence-corrected chi connectivity index (χ3v) is 5.97. The third-order valence-electron chi connectivity index (χ3n) is 5.97. The zero-order chi connectivity index (χ0) is 21.5. The van der Waals surface area contributed by atoms with Crippen molar-refractivity contribution >= 4 is 34.0 Å². The van der Waals surface area contributed by atoms with Gasteiger partial charge in [-0.1, -0.05) is 36.4 Å². The van der Waals surface area contributed by atoms with Crippen LogP contribution in [0.4, 0.5) is 0 Å². The van der Waals surface area contributed by atoms with E-state index in [-0.39, 0.29) is 17.7 Å². The summed E-state index contributed by atoms with van der Waals surface area (Å²) in [5, 5.41) is 3.49. The number of hydrogen-bond acceptors (Lipinski definition) is 4. The largest absolute Gasteiger partial charge is 0.347 e. The Morgan fingerprint density at radius 1 is 1.10 bits per heavy atom. The van der Waals surface area contributed by atoms with E-state index in [2.05, 4.69) is 39.9 Å². The molecule has 156 valence electrons. The van der Waals surface area contributed by atoms with Crippen molar-refractivity contribution in [3.63, 3.8) is 0 Å². The van der Waals surface area contributed by atoms with Gasteiger partial charge in [-0.05, 0) is 44.8 Å². The summed E-state index contributed by atoms with van der Waals surface area (Å²) >= 11 is 0. The lowest BCUT2D eigenvalue weighted by atomic mass is 9.85. The number of para-hydroxylation sites is 1. The van der Waals surface area contributed by atoms with Crippen LogP contribution >= 0.6 is 0 Å². The normalized spacial score (nSPS) is 20.0. The molecular weight excluding hydrogens is 388 g/mol. The van der Waals surface area contributed by atoms with E-state index in [1.54, 1.807) is 6.20 Å². The minimum atomic E-state index is -0.352. The van der Waals surface area contributed by atoms with Gasteiger partial charge in [0, 0.05) is 41.3 Å². The topological polar surface area (TPSA) is 66.7 Å². The number of rotatable bonds is 6. The van der Waals surface area contributed by atoms with Crippen molar-refractivity contribution in [2.45, 2.75) is 13.0 Å². The second kappa shape index (κ2) is 7.63. The number of carbonyl (C=O) groups is 2. The fourth-order valence-electron chi connectivity index (χ4n) is 4.54. The monoisotopic (exact) mass is 412 g/mol. The average molecular weight is 412 g/mol. The molecule has 2 aromatic rings. The Morgan fingerprint density at radius 3 is 2.74 bits per heavy atom. The molecule has 1 aromatic carbocycles. The van der Waals surface area contributed by atoms with Crippen LogP contribution in [0, 0.1) is 5.92 Å². The highest BCUT2D eigenvalue weighted by atomic mass is 16.2. The lowest BCUT2D eigenvalue weighted by molar-refractivity contribution is -0.123. The molecule has 3 heterocycles. The number of nitrogens with one attached hydrogen (secondary N) is 1. The second-order valence-corrected chi connectivity index (χ2v) is 8.30. The van der Waals surface area contributed by atoms with Crippen molar-refractivity contribution in [2.75, 3.05) is 20.6 Å². The highest BCUT2D eigenvalue weighted by Crippen LogP contribution is 2.39. The summed E-state index contributed by atoms with van der Waals surface area (Å²) in [6, 6.07) is 8.05. The van der Waals surface area contributed by atoms with Gasteiger partial charge in [0.25, 0.3) is 11.8 Å². The van der Waals surface area contributed by atoms with Crippen LogP contribution in [0.1, 0.15) is 12.0 Å². The molecule has 0 fully saturated rings. The van der Waals surface area contributed by atoms with Crippen LogP contribution in [0.3, 0.4) is 0 Å². The molecule has 0 saturated carbocycles. The summed E-state index contributed by atoms with van der Waals surface area (Å²) in [5.41, 5.74) is 4.40. The van der Waals surface area contributed by atoms with Gasteiger partial charge in [-0.25, -0.2) is 0 Å². The van der Waals surface area contributed by atoms with Gasteiger partial charge in [0.2, 0.25) is 0 Å². The summed E-state index contributed by atoms with van der Waals surface area (Å²) in [6.07, 6.45) is 12.6. The number of nitrogens with zero attached hydrogens (tertiary/aromatic N) is 3. The average Bonchev–Trinajstić information content (AvgIpc) is 3.41. The maximum Gasteiger partial charge on any atom is 0.259 e. The number of allylic oxidation sites excluding steroid dienone is 4. The molecule has 2 aliphatic heterocycles. The number of benzene rings is 1. The lowest BCUT2D eigenvalue weighted by Gasteiger charge is -2.14. The highest BCUT2D eigenvalue weighted by molar-refractivity contribution is 6.39. The van der Waals surface area contributed by atoms with Gasteiger partial charge in [-0.3, -0.25) is 19.9 Å². The van der Waals surface area contributed by atoms with Crippen LogP contribution in [0.25, 0.3) is 16.5 Å². The smallest absolute Gasteiger partial charge is 0.259 e. The van der Waals surface area contributed by atoms with Crippen molar-refractivity contribution in [3.05, 3.63) is 77.7 Å². The molecule has 6 nitrogen and oxygen atoms in total. The van der Waals surface area contributed by atoms with Crippen LogP contribution in [0.2, 0.25) is 0 Å². The molecular formula is C25H24N4O2. The predicted molar refractivity (Wildman–Crippen MR) is 122 cm³/mol. The molecule has 1 unspecified atom stereocenters. The molecule has 6 heteroatoms. The van der Waals surface area contributed by atoms with Crippen molar-refractivity contribution in [1.29, 1.82) is 0 Å². The molecule has 1 aliphatic carbocycles. The molecule has 0 bridgehead atoms. The predicted octanol–water partition coefficient (Wildman–Crippen LogP) is 3.08. The van der Waals surface area contributed by atoms with E-state index in [9.17, 15) is 9.59 Å². The minimum Gasteiger partial charge on any atom is -0.347 e. The molecule has 1 atom stereocenters. The van der Waals surface area contributed by atoms with Gasteiger partial charge in [0.15, 0.2) is 0 Å². The van der Waals surface area contributed by atoms with Crippen molar-refractivity contribution < 1.29 is 9.59 Å². The lowest BCUT2D eigenvalue weighted by Crippen LogP contribution is -2.24. The fourth-order valence-corrected chi connectivity index (χ4v) is 4.54. The van der Waals surface area contributed by atoms with Gasteiger partial charge >= 0.3 is 0 Å². The van der Waals surface area contributed by atoms with Gasteiger partial charge < -0.3 is 9.47 Å². The van der Waals surface area contributed by atoms with Crippen molar-refractivity contribution in [3.8, 4) is 0 Å². The SMILES string of the molecule is CN(C)CCCn1cc(C2=C(C3=CN=C4C=CC=CC34)C(=O)NC2=O)c2ccccc21. The standard InChI is InChI=1S/C25H24N4O2/c1-28(2)12-7-13-29-15-19(17-9-4-6-11-21(17)29)23-22(24(30)27-25(23)31)18-14-26-20-10-5-3-8-16(18)20/h3-6,8-11,14-16H,7,12-13H2,1-2H3,(H,27,30,31). The molecule has 0 saturated heterocycles. The van der Waals surface area contributed by atoms with Gasteiger partial charge in [0.05, 0.1) is 16.9 Å². The van der Waals surface area contributed by atoms with E-state index in [4.69, 9.17) is 0 Å². The van der Waals surface area contributed by atoms with Crippen LogP contribution < -0.4 is 5.32 Å². The number of carbonyl (C=O) groups excluding carboxylic acids is 2. The third kappa shape index (κ3) is 3.29. The van der Waals surface area contributed by atoms with Crippen LogP contribution in [0.5, 0.6) is 0 Å². The molecule has 5 rings (SSSR count). The first-order chi connectivity index (χ1) is 15.0. The fraction of sp³-hybridized carbons (Fsp3) is 0.240. The molecule has 0 spiro atoms. The molecule has 1 aromatic heterocycles. The minimum absolute atomic E-state index is 0.0971. The molecule has 2 amide bonds. The quantitative estimate of drug-likeness (QED) is 0.742. The Kier molecular flexibility index (Phi) is 4.79. The van der Waals surface area contributed by atoms with Crippen molar-refractivity contribution in [2.24, 2.45) is 10.9 Å². The Morgan fingerprint density at radius 2 is 1.90 bits per heavy atom. The van der Waals surface area contributed by atoms with E-state index < -0.39 is 0 Å². The Hall–Kier alpha value is -3.51. The summed E-state index contributed by atoms with van der Waals surface area (Å²) < 4.78 is 2.18.